The Labute approximate surface area is 81.4 Å². The topological polar surface area (TPSA) is 44.8 Å². The molecule has 1 heterocycles. The summed E-state index contributed by atoms with van der Waals surface area (Å²) >= 11 is 0. The molecule has 0 unspecified atom stereocenters. The van der Waals surface area contributed by atoms with E-state index in [0.29, 0.717) is 22.8 Å². The van der Waals surface area contributed by atoms with Gasteiger partial charge >= 0.3 is 0 Å². The number of ketones is 1. The van der Waals surface area contributed by atoms with Crippen LogP contribution in [0.2, 0.25) is 0 Å². The molecule has 0 bridgehead atoms. The first-order chi connectivity index (χ1) is 6.77. The molecule has 0 amide bonds. The third-order valence-corrected chi connectivity index (χ3v) is 2.14. The minimum absolute atomic E-state index is 0.0734. The van der Waals surface area contributed by atoms with E-state index in [1.165, 1.54) is 14.2 Å². The number of Topliss-reactive ketones (excluding diaryl/α,β-unsaturated/α-hetero) is 1. The molecule has 4 heteroatoms. The molecule has 2 rings (SSSR count). The predicted octanol–water partition coefficient (Wildman–Crippen LogP) is 1.28. The first-order valence-electron chi connectivity index (χ1n) is 4.19. The Hall–Kier alpha value is -1.71. The molecule has 0 radical (unpaired) electrons. The van der Waals surface area contributed by atoms with E-state index in [1.54, 1.807) is 12.1 Å². The average molecular weight is 194 g/mol. The van der Waals surface area contributed by atoms with E-state index in [2.05, 4.69) is 0 Å². The monoisotopic (exact) mass is 194 g/mol. The van der Waals surface area contributed by atoms with Crippen molar-refractivity contribution in [3.8, 4) is 17.2 Å². The second-order valence-corrected chi connectivity index (χ2v) is 2.89. The highest BCUT2D eigenvalue weighted by molar-refractivity contribution is 6.05. The van der Waals surface area contributed by atoms with Crippen LogP contribution in [-0.4, -0.2) is 26.6 Å². The fourth-order valence-corrected chi connectivity index (χ4v) is 1.51. The molecule has 0 saturated carbocycles. The first kappa shape index (κ1) is 8.87. The Morgan fingerprint density at radius 3 is 2.71 bits per heavy atom. The first-order valence-corrected chi connectivity index (χ1v) is 4.19. The van der Waals surface area contributed by atoms with E-state index in [9.17, 15) is 4.79 Å². The fraction of sp³-hybridized carbons (Fsp3) is 0.300. The lowest BCUT2D eigenvalue weighted by atomic mass is 10.1. The van der Waals surface area contributed by atoms with Gasteiger partial charge in [-0.15, -0.1) is 0 Å². The number of fused-ring (bicyclic) bond motifs is 1. The van der Waals surface area contributed by atoms with Gasteiger partial charge in [0.1, 0.15) is 11.3 Å². The van der Waals surface area contributed by atoms with Crippen molar-refractivity contribution in [1.29, 1.82) is 0 Å². The predicted molar refractivity (Wildman–Crippen MR) is 49.4 cm³/mol. The van der Waals surface area contributed by atoms with Gasteiger partial charge in [-0.2, -0.15) is 0 Å². The van der Waals surface area contributed by atoms with E-state index in [-0.39, 0.29) is 12.4 Å². The summed E-state index contributed by atoms with van der Waals surface area (Å²) in [6, 6.07) is 3.43. The minimum Gasteiger partial charge on any atom is -0.493 e. The largest absolute Gasteiger partial charge is 0.493 e. The molecule has 1 aliphatic heterocycles. The summed E-state index contributed by atoms with van der Waals surface area (Å²) in [4.78, 5) is 11.5. The van der Waals surface area contributed by atoms with Crippen molar-refractivity contribution < 1.29 is 19.0 Å². The maximum Gasteiger partial charge on any atom is 0.207 e. The number of methoxy groups -OCH3 is 2. The van der Waals surface area contributed by atoms with Gasteiger partial charge in [-0.05, 0) is 12.1 Å². The van der Waals surface area contributed by atoms with E-state index in [0.717, 1.165) is 0 Å². The highest BCUT2D eigenvalue weighted by atomic mass is 16.5. The lowest BCUT2D eigenvalue weighted by Gasteiger charge is -2.09. The summed E-state index contributed by atoms with van der Waals surface area (Å²) in [5.41, 5.74) is 0.479. The van der Waals surface area contributed by atoms with Crippen LogP contribution >= 0.6 is 0 Å². The van der Waals surface area contributed by atoms with E-state index in [1.807, 2.05) is 0 Å². The van der Waals surface area contributed by atoms with Crippen LogP contribution in [-0.2, 0) is 0 Å². The number of carbonyl (C=O) groups is 1. The zero-order chi connectivity index (χ0) is 10.1. The van der Waals surface area contributed by atoms with Crippen LogP contribution in [0.3, 0.4) is 0 Å². The Balaban J connectivity index is 2.63. The lowest BCUT2D eigenvalue weighted by Crippen LogP contribution is -2.01. The molecule has 0 aliphatic carbocycles. The summed E-state index contributed by atoms with van der Waals surface area (Å²) in [5.74, 6) is 1.49. The number of benzene rings is 1. The van der Waals surface area contributed by atoms with Crippen molar-refractivity contribution in [3.05, 3.63) is 17.7 Å². The Morgan fingerprint density at radius 1 is 1.29 bits per heavy atom. The summed E-state index contributed by atoms with van der Waals surface area (Å²) in [5, 5.41) is 0. The van der Waals surface area contributed by atoms with Gasteiger partial charge in [0, 0.05) is 0 Å². The number of ether oxygens (including phenoxy) is 3. The molecule has 0 spiro atoms. The van der Waals surface area contributed by atoms with E-state index in [4.69, 9.17) is 14.2 Å². The molecule has 14 heavy (non-hydrogen) atoms. The van der Waals surface area contributed by atoms with Crippen molar-refractivity contribution in [3.63, 3.8) is 0 Å². The summed E-state index contributed by atoms with van der Waals surface area (Å²) < 4.78 is 15.4. The second-order valence-electron chi connectivity index (χ2n) is 2.89. The molecule has 1 aliphatic rings. The molecule has 4 nitrogen and oxygen atoms in total. The van der Waals surface area contributed by atoms with Gasteiger partial charge < -0.3 is 14.2 Å². The molecule has 0 N–H and O–H groups in total. The Bertz CT molecular complexity index is 384. The third kappa shape index (κ3) is 1.11. The van der Waals surface area contributed by atoms with Gasteiger partial charge in [0.15, 0.2) is 18.1 Å². The maximum absolute atomic E-state index is 11.5. The van der Waals surface area contributed by atoms with Gasteiger partial charge in [-0.25, -0.2) is 0 Å². The number of hydrogen-bond acceptors (Lipinski definition) is 4. The Kier molecular flexibility index (Phi) is 2.04. The van der Waals surface area contributed by atoms with Gasteiger partial charge in [0.25, 0.3) is 0 Å². The average Bonchev–Trinajstić information content (AvgIpc) is 2.59. The molecule has 0 saturated heterocycles. The van der Waals surface area contributed by atoms with Crippen LogP contribution in [0.5, 0.6) is 17.2 Å². The van der Waals surface area contributed by atoms with Crippen LogP contribution in [0.25, 0.3) is 0 Å². The van der Waals surface area contributed by atoms with Gasteiger partial charge in [-0.3, -0.25) is 4.79 Å². The Morgan fingerprint density at radius 2 is 2.07 bits per heavy atom. The van der Waals surface area contributed by atoms with Gasteiger partial charge in [0.05, 0.1) is 14.2 Å². The fourth-order valence-electron chi connectivity index (χ4n) is 1.51. The number of hydrogen-bond donors (Lipinski definition) is 0. The number of carbonyl (C=O) groups excluding carboxylic acids is 1. The molecule has 74 valence electrons. The zero-order valence-corrected chi connectivity index (χ0v) is 7.99. The molecular formula is C10H10O4. The highest BCUT2D eigenvalue weighted by Gasteiger charge is 2.27. The molecule has 0 fully saturated rings. The normalized spacial score (nSPS) is 13.4. The number of rotatable bonds is 2. The molecule has 0 atom stereocenters. The van der Waals surface area contributed by atoms with Crippen molar-refractivity contribution in [2.75, 3.05) is 20.8 Å². The molecular weight excluding hydrogens is 184 g/mol. The van der Waals surface area contributed by atoms with Crippen LogP contribution in [0.4, 0.5) is 0 Å². The van der Waals surface area contributed by atoms with Crippen molar-refractivity contribution in [2.24, 2.45) is 0 Å². The molecule has 0 aromatic heterocycles. The van der Waals surface area contributed by atoms with Crippen molar-refractivity contribution >= 4 is 5.78 Å². The zero-order valence-electron chi connectivity index (χ0n) is 7.99. The maximum atomic E-state index is 11.5. The smallest absolute Gasteiger partial charge is 0.207 e. The second kappa shape index (κ2) is 3.21. The lowest BCUT2D eigenvalue weighted by molar-refractivity contribution is 0.0959. The third-order valence-electron chi connectivity index (χ3n) is 2.14. The van der Waals surface area contributed by atoms with Crippen LogP contribution < -0.4 is 14.2 Å². The van der Waals surface area contributed by atoms with E-state index >= 15 is 0 Å². The van der Waals surface area contributed by atoms with Gasteiger partial charge in [-0.1, -0.05) is 0 Å². The molecule has 1 aromatic carbocycles. The minimum atomic E-state index is -0.0734. The van der Waals surface area contributed by atoms with Crippen LogP contribution in [0.15, 0.2) is 12.1 Å². The summed E-state index contributed by atoms with van der Waals surface area (Å²) in [6.45, 7) is 0.0822. The van der Waals surface area contributed by atoms with Crippen LogP contribution in [0, 0.1) is 0 Å². The summed E-state index contributed by atoms with van der Waals surface area (Å²) in [7, 11) is 3.04. The van der Waals surface area contributed by atoms with Crippen LogP contribution in [0.1, 0.15) is 10.4 Å². The van der Waals surface area contributed by atoms with Crippen molar-refractivity contribution in [1.82, 2.24) is 0 Å². The van der Waals surface area contributed by atoms with Gasteiger partial charge in [0.2, 0.25) is 5.78 Å². The summed E-state index contributed by atoms with van der Waals surface area (Å²) in [6.07, 6.45) is 0. The standard InChI is InChI=1S/C10H10O4/c1-12-8-4-3-7-9(10(8)13-2)6(11)5-14-7/h3-4H,5H2,1-2H3. The van der Waals surface area contributed by atoms with Crippen molar-refractivity contribution in [2.45, 2.75) is 0 Å². The SMILES string of the molecule is COc1ccc2c(c1OC)C(=O)CO2. The quantitative estimate of drug-likeness (QED) is 0.711. The van der Waals surface area contributed by atoms with E-state index < -0.39 is 0 Å². The highest BCUT2D eigenvalue weighted by Crippen LogP contribution is 2.40. The molecule has 1 aromatic rings.